The SMILES string of the molecule is CN1CCN(C)C(CNc2nc3cccc(Cl)c3s2)C1. The summed E-state index contributed by atoms with van der Waals surface area (Å²) in [5, 5.41) is 5.20. The molecule has 1 aliphatic rings. The number of rotatable bonds is 3. The van der Waals surface area contributed by atoms with Gasteiger partial charge in [0.25, 0.3) is 0 Å². The molecule has 1 aromatic heterocycles. The van der Waals surface area contributed by atoms with E-state index in [1.54, 1.807) is 11.3 Å². The Bertz CT molecular complexity index is 600. The first-order valence-electron chi connectivity index (χ1n) is 6.81. The Morgan fingerprint density at radius 1 is 1.40 bits per heavy atom. The van der Waals surface area contributed by atoms with Crippen molar-refractivity contribution in [1.29, 1.82) is 0 Å². The van der Waals surface area contributed by atoms with Crippen LogP contribution in [0.25, 0.3) is 10.2 Å². The van der Waals surface area contributed by atoms with Gasteiger partial charge in [-0.25, -0.2) is 4.98 Å². The lowest BCUT2D eigenvalue weighted by molar-refractivity contribution is 0.122. The summed E-state index contributed by atoms with van der Waals surface area (Å²) >= 11 is 7.82. The van der Waals surface area contributed by atoms with E-state index in [-0.39, 0.29) is 0 Å². The predicted molar refractivity (Wildman–Crippen MR) is 87.0 cm³/mol. The van der Waals surface area contributed by atoms with Crippen molar-refractivity contribution >= 4 is 38.3 Å². The van der Waals surface area contributed by atoms with E-state index in [2.05, 4.69) is 34.2 Å². The van der Waals surface area contributed by atoms with E-state index >= 15 is 0 Å². The zero-order valence-corrected chi connectivity index (χ0v) is 13.3. The molecule has 2 heterocycles. The van der Waals surface area contributed by atoms with E-state index in [1.807, 2.05) is 18.2 Å². The first-order chi connectivity index (χ1) is 9.63. The number of thiazole rings is 1. The fourth-order valence-electron chi connectivity index (χ4n) is 2.52. The Kier molecular flexibility index (Phi) is 4.12. The van der Waals surface area contributed by atoms with Gasteiger partial charge in [0.2, 0.25) is 0 Å². The lowest BCUT2D eigenvalue weighted by atomic mass is 10.2. The fraction of sp³-hybridized carbons (Fsp3) is 0.500. The molecule has 4 nitrogen and oxygen atoms in total. The van der Waals surface area contributed by atoms with Gasteiger partial charge in [0.15, 0.2) is 5.13 Å². The van der Waals surface area contributed by atoms with E-state index < -0.39 is 0 Å². The van der Waals surface area contributed by atoms with Crippen LogP contribution in [0.2, 0.25) is 5.02 Å². The lowest BCUT2D eigenvalue weighted by Crippen LogP contribution is -2.52. The maximum absolute atomic E-state index is 6.19. The van der Waals surface area contributed by atoms with Crippen molar-refractivity contribution in [3.63, 3.8) is 0 Å². The smallest absolute Gasteiger partial charge is 0.183 e. The third-order valence-corrected chi connectivity index (χ3v) is 5.33. The summed E-state index contributed by atoms with van der Waals surface area (Å²) in [7, 11) is 4.37. The number of likely N-dealkylation sites (N-methyl/N-ethyl adjacent to an activating group) is 2. The summed E-state index contributed by atoms with van der Waals surface area (Å²) in [6.45, 7) is 4.27. The minimum absolute atomic E-state index is 0.524. The molecule has 20 heavy (non-hydrogen) atoms. The van der Waals surface area contributed by atoms with Gasteiger partial charge < -0.3 is 10.2 Å². The number of anilines is 1. The predicted octanol–water partition coefficient (Wildman–Crippen LogP) is 2.61. The zero-order valence-electron chi connectivity index (χ0n) is 11.8. The second-order valence-corrected chi connectivity index (χ2v) is 6.79. The number of aromatic nitrogens is 1. The van der Waals surface area contributed by atoms with Crippen LogP contribution in [0.15, 0.2) is 18.2 Å². The highest BCUT2D eigenvalue weighted by molar-refractivity contribution is 7.22. The molecule has 0 aliphatic carbocycles. The van der Waals surface area contributed by atoms with Crippen LogP contribution in [0.4, 0.5) is 5.13 Å². The molecule has 0 amide bonds. The van der Waals surface area contributed by atoms with Crippen LogP contribution in [0.3, 0.4) is 0 Å². The minimum atomic E-state index is 0.524. The molecule has 1 aliphatic heterocycles. The maximum Gasteiger partial charge on any atom is 0.183 e. The van der Waals surface area contributed by atoms with Crippen LogP contribution in [0, 0.1) is 0 Å². The van der Waals surface area contributed by atoms with Crippen LogP contribution in [-0.4, -0.2) is 61.1 Å². The van der Waals surface area contributed by atoms with Gasteiger partial charge in [-0.05, 0) is 26.2 Å². The second kappa shape index (κ2) is 5.85. The number of hydrogen-bond donors (Lipinski definition) is 1. The molecule has 2 aromatic rings. The molecule has 108 valence electrons. The van der Waals surface area contributed by atoms with Crippen molar-refractivity contribution in [2.75, 3.05) is 45.6 Å². The molecule has 0 saturated carbocycles. The number of halogens is 1. The average Bonchev–Trinajstić information content (AvgIpc) is 2.84. The summed E-state index contributed by atoms with van der Waals surface area (Å²) in [4.78, 5) is 9.38. The summed E-state index contributed by atoms with van der Waals surface area (Å²) in [5.41, 5.74) is 0.971. The molecule has 1 saturated heterocycles. The second-order valence-electron chi connectivity index (χ2n) is 5.38. The van der Waals surface area contributed by atoms with Gasteiger partial charge in [-0.3, -0.25) is 4.90 Å². The van der Waals surface area contributed by atoms with Crippen molar-refractivity contribution in [3.05, 3.63) is 23.2 Å². The molecule has 1 aromatic carbocycles. The highest BCUT2D eigenvalue weighted by Crippen LogP contribution is 2.31. The van der Waals surface area contributed by atoms with Gasteiger partial charge in [-0.2, -0.15) is 0 Å². The summed E-state index contributed by atoms with van der Waals surface area (Å²) in [6, 6.07) is 6.38. The molecule has 1 unspecified atom stereocenters. The normalized spacial score (nSPS) is 21.4. The molecule has 3 rings (SSSR count). The molecule has 0 bridgehead atoms. The highest BCUT2D eigenvalue weighted by atomic mass is 35.5. The standard InChI is InChI=1S/C14H19ClN4S/c1-18-6-7-19(2)10(9-18)8-16-14-17-12-5-3-4-11(15)13(12)20-14/h3-5,10H,6-9H2,1-2H3,(H,16,17). The number of hydrogen-bond acceptors (Lipinski definition) is 5. The van der Waals surface area contributed by atoms with Crippen molar-refractivity contribution < 1.29 is 0 Å². The maximum atomic E-state index is 6.19. The van der Waals surface area contributed by atoms with Crippen LogP contribution < -0.4 is 5.32 Å². The van der Waals surface area contributed by atoms with Crippen molar-refractivity contribution in [3.8, 4) is 0 Å². The molecule has 6 heteroatoms. The van der Waals surface area contributed by atoms with Gasteiger partial charge in [0, 0.05) is 32.2 Å². The zero-order chi connectivity index (χ0) is 14.1. The minimum Gasteiger partial charge on any atom is -0.360 e. The summed E-state index contributed by atoms with van der Waals surface area (Å²) < 4.78 is 1.06. The van der Waals surface area contributed by atoms with E-state index in [0.29, 0.717) is 6.04 Å². The Labute approximate surface area is 128 Å². The van der Waals surface area contributed by atoms with Gasteiger partial charge in [-0.15, -0.1) is 0 Å². The monoisotopic (exact) mass is 310 g/mol. The molecule has 1 atom stereocenters. The van der Waals surface area contributed by atoms with Crippen LogP contribution in [0.5, 0.6) is 0 Å². The fourth-order valence-corrected chi connectivity index (χ4v) is 3.68. The number of piperazine rings is 1. The van der Waals surface area contributed by atoms with Crippen molar-refractivity contribution in [2.45, 2.75) is 6.04 Å². The molecule has 0 radical (unpaired) electrons. The van der Waals surface area contributed by atoms with Gasteiger partial charge in [0.05, 0.1) is 15.2 Å². The van der Waals surface area contributed by atoms with E-state index in [4.69, 9.17) is 11.6 Å². The van der Waals surface area contributed by atoms with Crippen LogP contribution >= 0.6 is 22.9 Å². The van der Waals surface area contributed by atoms with Crippen molar-refractivity contribution in [2.24, 2.45) is 0 Å². The molecular formula is C14H19ClN4S. The van der Waals surface area contributed by atoms with Crippen molar-refractivity contribution in [1.82, 2.24) is 14.8 Å². The quantitative estimate of drug-likeness (QED) is 0.944. The first-order valence-corrected chi connectivity index (χ1v) is 8.00. The number of fused-ring (bicyclic) bond motifs is 1. The number of nitrogens with zero attached hydrogens (tertiary/aromatic N) is 3. The third kappa shape index (κ3) is 2.91. The van der Waals surface area contributed by atoms with Gasteiger partial charge in [0.1, 0.15) is 0 Å². The molecule has 1 N–H and O–H groups in total. The summed E-state index contributed by atoms with van der Waals surface area (Å²) in [6.07, 6.45) is 0. The topological polar surface area (TPSA) is 31.4 Å². The number of nitrogens with one attached hydrogen (secondary N) is 1. The molecular weight excluding hydrogens is 292 g/mol. The van der Waals surface area contributed by atoms with Crippen LogP contribution in [-0.2, 0) is 0 Å². The molecule has 1 fully saturated rings. The van der Waals surface area contributed by atoms with E-state index in [1.165, 1.54) is 0 Å². The third-order valence-electron chi connectivity index (χ3n) is 3.84. The van der Waals surface area contributed by atoms with Crippen LogP contribution in [0.1, 0.15) is 0 Å². The average molecular weight is 311 g/mol. The molecule has 0 spiro atoms. The summed E-state index contributed by atoms with van der Waals surface area (Å²) in [5.74, 6) is 0. The van der Waals surface area contributed by atoms with Gasteiger partial charge in [-0.1, -0.05) is 29.0 Å². The Morgan fingerprint density at radius 2 is 2.25 bits per heavy atom. The van der Waals surface area contributed by atoms with E-state index in [0.717, 1.165) is 46.5 Å². The Balaban J connectivity index is 1.69. The Morgan fingerprint density at radius 3 is 3.05 bits per heavy atom. The largest absolute Gasteiger partial charge is 0.360 e. The highest BCUT2D eigenvalue weighted by Gasteiger charge is 2.22. The van der Waals surface area contributed by atoms with E-state index in [9.17, 15) is 0 Å². The Hall–Kier alpha value is -0.880. The first kappa shape index (κ1) is 14.1. The van der Waals surface area contributed by atoms with Gasteiger partial charge >= 0.3 is 0 Å². The lowest BCUT2D eigenvalue weighted by Gasteiger charge is -2.37. The number of benzene rings is 1.